The Kier molecular flexibility index (Phi) is 10.7. The molecular weight excluding hydrogens is 455 g/mol. The van der Waals surface area contributed by atoms with E-state index in [-0.39, 0.29) is 42.5 Å². The molecule has 0 fully saturated rings. The number of likely N-dealkylation sites (N-methyl/N-ethyl adjacent to an activating group) is 1. The maximum Gasteiger partial charge on any atom is 0.243 e. The molecule has 2 rings (SSSR count). The molecule has 6 nitrogen and oxygen atoms in total. The average molecular weight is 488 g/mol. The summed E-state index contributed by atoms with van der Waals surface area (Å²) in [4.78, 5) is 17.8. The number of ether oxygens (including phenoxy) is 1. The second-order valence-electron chi connectivity index (χ2n) is 6.97. The van der Waals surface area contributed by atoms with E-state index in [2.05, 4.69) is 40.7 Å². The Morgan fingerprint density at radius 1 is 1.26 bits per heavy atom. The minimum atomic E-state index is -0.0284. The van der Waals surface area contributed by atoms with Gasteiger partial charge in [0, 0.05) is 27.7 Å². The van der Waals surface area contributed by atoms with Crippen LogP contribution in [0.3, 0.4) is 0 Å². The van der Waals surface area contributed by atoms with Crippen molar-refractivity contribution in [1.82, 2.24) is 15.5 Å². The van der Waals surface area contributed by atoms with Gasteiger partial charge in [0.05, 0.1) is 12.6 Å². The van der Waals surface area contributed by atoms with Gasteiger partial charge in [-0.25, -0.2) is 4.99 Å². The minimum Gasteiger partial charge on any atom is -0.383 e. The third-order valence-electron chi connectivity index (χ3n) is 4.70. The van der Waals surface area contributed by atoms with E-state index in [0.29, 0.717) is 19.1 Å². The summed E-state index contributed by atoms with van der Waals surface area (Å²) in [6.45, 7) is 3.45. The number of amides is 1. The Morgan fingerprint density at radius 3 is 2.63 bits per heavy atom. The molecule has 2 N–H and O–H groups in total. The lowest BCUT2D eigenvalue weighted by atomic mass is 9.89. The molecule has 1 amide bonds. The first-order valence-electron chi connectivity index (χ1n) is 9.37. The second kappa shape index (κ2) is 12.2. The lowest BCUT2D eigenvalue weighted by Gasteiger charge is -2.22. The predicted octanol–water partition coefficient (Wildman–Crippen LogP) is 2.51. The first kappa shape index (κ1) is 23.7. The molecule has 0 saturated carbocycles. The summed E-state index contributed by atoms with van der Waals surface area (Å²) in [6.07, 6.45) is 4.92. The van der Waals surface area contributed by atoms with Gasteiger partial charge >= 0.3 is 0 Å². The van der Waals surface area contributed by atoms with Crippen molar-refractivity contribution >= 4 is 35.8 Å². The van der Waals surface area contributed by atoms with Crippen LogP contribution in [0.5, 0.6) is 0 Å². The molecule has 1 aliphatic rings. The average Bonchev–Trinajstić information content (AvgIpc) is 2.65. The van der Waals surface area contributed by atoms with Crippen LogP contribution in [0.25, 0.3) is 0 Å². The Morgan fingerprint density at radius 2 is 1.96 bits per heavy atom. The van der Waals surface area contributed by atoms with Gasteiger partial charge in [-0.1, -0.05) is 18.2 Å². The third kappa shape index (κ3) is 7.65. The van der Waals surface area contributed by atoms with Crippen molar-refractivity contribution in [3.63, 3.8) is 0 Å². The standard InChI is InChI=1S/C20H32N4O2.HI/c1-15(17-10-9-16-7-5-6-8-18(16)13-17)23-20(21-11-12-26-4)22-14-19(25)24(2)3;/h9-10,13,15H,5-8,11-12,14H2,1-4H3,(H2,21,22,23);1H. The van der Waals surface area contributed by atoms with E-state index >= 15 is 0 Å². The van der Waals surface area contributed by atoms with E-state index in [0.717, 1.165) is 0 Å². The summed E-state index contributed by atoms with van der Waals surface area (Å²) in [5, 5.41) is 6.63. The first-order chi connectivity index (χ1) is 12.5. The highest BCUT2D eigenvalue weighted by atomic mass is 127. The van der Waals surface area contributed by atoms with Crippen molar-refractivity contribution in [2.75, 3.05) is 40.9 Å². The highest BCUT2D eigenvalue weighted by Crippen LogP contribution is 2.24. The molecule has 1 atom stereocenters. The van der Waals surface area contributed by atoms with Crippen LogP contribution in [0.1, 0.15) is 42.5 Å². The van der Waals surface area contributed by atoms with Crippen LogP contribution in [-0.4, -0.2) is 57.7 Å². The maximum absolute atomic E-state index is 11.8. The molecule has 27 heavy (non-hydrogen) atoms. The zero-order chi connectivity index (χ0) is 18.9. The van der Waals surface area contributed by atoms with Gasteiger partial charge in [-0.15, -0.1) is 24.0 Å². The molecule has 7 heteroatoms. The largest absolute Gasteiger partial charge is 0.383 e. The summed E-state index contributed by atoms with van der Waals surface area (Å²) in [5.41, 5.74) is 4.19. The van der Waals surface area contributed by atoms with Gasteiger partial charge in [0.25, 0.3) is 0 Å². The normalized spacial score (nSPS) is 14.6. The number of rotatable bonds is 7. The smallest absolute Gasteiger partial charge is 0.243 e. The molecule has 0 saturated heterocycles. The number of carbonyl (C=O) groups is 1. The van der Waals surface area contributed by atoms with Gasteiger partial charge in [-0.3, -0.25) is 4.79 Å². The van der Waals surface area contributed by atoms with Crippen LogP contribution in [0, 0.1) is 0 Å². The van der Waals surface area contributed by atoms with E-state index < -0.39 is 0 Å². The molecule has 0 bridgehead atoms. The Hall–Kier alpha value is -1.35. The summed E-state index contributed by atoms with van der Waals surface area (Å²) >= 11 is 0. The summed E-state index contributed by atoms with van der Waals surface area (Å²) < 4.78 is 5.09. The predicted molar refractivity (Wildman–Crippen MR) is 121 cm³/mol. The van der Waals surface area contributed by atoms with Gasteiger partial charge < -0.3 is 20.3 Å². The van der Waals surface area contributed by atoms with E-state index in [1.165, 1.54) is 42.4 Å². The fourth-order valence-corrected chi connectivity index (χ4v) is 3.02. The van der Waals surface area contributed by atoms with Crippen molar-refractivity contribution < 1.29 is 9.53 Å². The number of hydrogen-bond acceptors (Lipinski definition) is 3. The number of halogens is 1. The zero-order valence-corrected chi connectivity index (χ0v) is 19.2. The van der Waals surface area contributed by atoms with Gasteiger partial charge in [0.2, 0.25) is 5.91 Å². The van der Waals surface area contributed by atoms with Crippen molar-refractivity contribution in [2.24, 2.45) is 4.99 Å². The second-order valence-corrected chi connectivity index (χ2v) is 6.97. The molecule has 1 unspecified atom stereocenters. The summed E-state index contributed by atoms with van der Waals surface area (Å²) in [5.74, 6) is 0.599. The third-order valence-corrected chi connectivity index (χ3v) is 4.70. The Labute approximate surface area is 180 Å². The number of methoxy groups -OCH3 is 1. The number of hydrogen-bond donors (Lipinski definition) is 2. The molecule has 1 aliphatic carbocycles. The number of fused-ring (bicyclic) bond motifs is 1. The minimum absolute atomic E-state index is 0. The summed E-state index contributed by atoms with van der Waals surface area (Å²) in [6, 6.07) is 6.86. The highest BCUT2D eigenvalue weighted by molar-refractivity contribution is 14.0. The monoisotopic (exact) mass is 488 g/mol. The quantitative estimate of drug-likeness (QED) is 0.268. The molecular formula is C20H33IN4O2. The molecule has 1 aromatic carbocycles. The maximum atomic E-state index is 11.8. The molecule has 0 spiro atoms. The van der Waals surface area contributed by atoms with E-state index in [1.807, 2.05) is 0 Å². The van der Waals surface area contributed by atoms with Crippen LogP contribution in [0.2, 0.25) is 0 Å². The molecule has 0 aliphatic heterocycles. The molecule has 1 aromatic rings. The van der Waals surface area contributed by atoms with Crippen LogP contribution in [0.4, 0.5) is 0 Å². The topological polar surface area (TPSA) is 66.0 Å². The number of aryl methyl sites for hydroxylation is 2. The Balaban J connectivity index is 0.00000364. The fourth-order valence-electron chi connectivity index (χ4n) is 3.02. The zero-order valence-electron chi connectivity index (χ0n) is 16.9. The molecule has 152 valence electrons. The van der Waals surface area contributed by atoms with E-state index in [9.17, 15) is 4.79 Å². The van der Waals surface area contributed by atoms with Gasteiger partial charge in [-0.2, -0.15) is 0 Å². The van der Waals surface area contributed by atoms with Crippen molar-refractivity contribution in [3.05, 3.63) is 34.9 Å². The van der Waals surface area contributed by atoms with Crippen molar-refractivity contribution in [1.29, 1.82) is 0 Å². The SMILES string of the molecule is COCCNC(=NCC(=O)N(C)C)NC(C)c1ccc2c(c1)CCCC2.I. The molecule has 0 aromatic heterocycles. The number of aliphatic imine (C=N–C) groups is 1. The number of benzene rings is 1. The van der Waals surface area contributed by atoms with Crippen LogP contribution < -0.4 is 10.6 Å². The number of guanidine groups is 1. The van der Waals surface area contributed by atoms with Gasteiger partial charge in [0.1, 0.15) is 6.54 Å². The van der Waals surface area contributed by atoms with Crippen molar-refractivity contribution in [2.45, 2.75) is 38.6 Å². The van der Waals surface area contributed by atoms with Gasteiger partial charge in [0.15, 0.2) is 5.96 Å². The number of nitrogens with one attached hydrogen (secondary N) is 2. The first-order valence-corrected chi connectivity index (χ1v) is 9.37. The van der Waals surface area contributed by atoms with Crippen LogP contribution >= 0.6 is 24.0 Å². The van der Waals surface area contributed by atoms with E-state index in [4.69, 9.17) is 4.74 Å². The lowest BCUT2D eigenvalue weighted by Crippen LogP contribution is -2.41. The van der Waals surface area contributed by atoms with Crippen LogP contribution in [0.15, 0.2) is 23.2 Å². The lowest BCUT2D eigenvalue weighted by molar-refractivity contribution is -0.127. The number of carbonyl (C=O) groups excluding carboxylic acids is 1. The van der Waals surface area contributed by atoms with Crippen LogP contribution in [-0.2, 0) is 22.4 Å². The highest BCUT2D eigenvalue weighted by Gasteiger charge is 2.14. The molecule has 0 heterocycles. The fraction of sp³-hybridized carbons (Fsp3) is 0.600. The molecule has 0 radical (unpaired) electrons. The Bertz CT molecular complexity index is 634. The van der Waals surface area contributed by atoms with E-state index in [1.54, 1.807) is 26.1 Å². The van der Waals surface area contributed by atoms with Gasteiger partial charge in [-0.05, 0) is 49.3 Å². The van der Waals surface area contributed by atoms with Crippen molar-refractivity contribution in [3.8, 4) is 0 Å². The number of nitrogens with zero attached hydrogens (tertiary/aromatic N) is 2. The summed E-state index contributed by atoms with van der Waals surface area (Å²) in [7, 11) is 5.13.